The smallest absolute Gasteiger partial charge is 0.335 e. The third-order valence-corrected chi connectivity index (χ3v) is 4.64. The van der Waals surface area contributed by atoms with Crippen LogP contribution in [0.4, 0.5) is 0 Å². The van der Waals surface area contributed by atoms with Crippen LogP contribution in [0.3, 0.4) is 0 Å². The van der Waals surface area contributed by atoms with Gasteiger partial charge < -0.3 is 14.6 Å². The molecule has 0 unspecified atom stereocenters. The van der Waals surface area contributed by atoms with E-state index in [1.807, 2.05) is 18.2 Å². The molecule has 0 aliphatic rings. The highest BCUT2D eigenvalue weighted by Crippen LogP contribution is 2.25. The first-order valence-electron chi connectivity index (χ1n) is 9.12. The monoisotopic (exact) mass is 416 g/mol. The van der Waals surface area contributed by atoms with E-state index in [-0.39, 0.29) is 22.4 Å². The number of para-hydroxylation sites is 1. The van der Waals surface area contributed by atoms with Gasteiger partial charge in [0.05, 0.1) is 27.4 Å². The van der Waals surface area contributed by atoms with Crippen molar-refractivity contribution in [3.63, 3.8) is 0 Å². The zero-order valence-corrected chi connectivity index (χ0v) is 16.0. The summed E-state index contributed by atoms with van der Waals surface area (Å²) in [5.74, 6) is -1.91. The summed E-state index contributed by atoms with van der Waals surface area (Å²) < 4.78 is 7.11. The van der Waals surface area contributed by atoms with Crippen molar-refractivity contribution in [1.82, 2.24) is 9.78 Å². The standard InChI is InChI=1S/C23H16N2O6/c1-13-19(21(26)25(24-13)17-5-3-2-4-6-17)12-18-7-8-20(31-18)14-9-15(22(27)28)11-16(10-14)23(29)30/h2-12,24H,1H2,(H,27,28)(H,29,30)/b19-12-. The quantitative estimate of drug-likeness (QED) is 0.457. The summed E-state index contributed by atoms with van der Waals surface area (Å²) in [4.78, 5) is 35.4. The zero-order chi connectivity index (χ0) is 22.1. The first kappa shape index (κ1) is 19.7. The van der Waals surface area contributed by atoms with Crippen LogP contribution in [0, 0.1) is 0 Å². The topological polar surface area (TPSA) is 126 Å². The summed E-state index contributed by atoms with van der Waals surface area (Å²) in [6, 6.07) is 15.9. The van der Waals surface area contributed by atoms with Gasteiger partial charge in [-0.15, -0.1) is 0 Å². The third-order valence-electron chi connectivity index (χ3n) is 4.64. The maximum atomic E-state index is 12.8. The van der Waals surface area contributed by atoms with Gasteiger partial charge in [-0.1, -0.05) is 24.8 Å². The Labute approximate surface area is 174 Å². The second-order valence-corrected chi connectivity index (χ2v) is 6.74. The van der Waals surface area contributed by atoms with Crippen LogP contribution >= 0.6 is 0 Å². The van der Waals surface area contributed by atoms with Gasteiger partial charge in [-0.2, -0.15) is 0 Å². The molecule has 8 nitrogen and oxygen atoms in total. The molecule has 8 heteroatoms. The van der Waals surface area contributed by atoms with Crippen molar-refractivity contribution in [2.75, 3.05) is 0 Å². The summed E-state index contributed by atoms with van der Waals surface area (Å²) in [7, 11) is 0. The molecule has 154 valence electrons. The molecular formula is C23H16N2O6. The molecule has 4 rings (SSSR count). The highest BCUT2D eigenvalue weighted by atomic mass is 16.4. The number of nitrogens with zero attached hydrogens (tertiary/aromatic N) is 1. The minimum Gasteiger partial charge on any atom is -0.478 e. The van der Waals surface area contributed by atoms with Crippen molar-refractivity contribution in [2.45, 2.75) is 0 Å². The molecule has 2 aromatic heterocycles. The number of aromatic nitrogens is 2. The lowest BCUT2D eigenvalue weighted by atomic mass is 10.0. The van der Waals surface area contributed by atoms with Gasteiger partial charge in [-0.05, 0) is 48.5 Å². The van der Waals surface area contributed by atoms with Gasteiger partial charge in [0.15, 0.2) is 0 Å². The molecule has 0 aliphatic heterocycles. The average Bonchev–Trinajstić information content (AvgIpc) is 3.34. The Kier molecular flexibility index (Phi) is 4.88. The third kappa shape index (κ3) is 3.82. The Morgan fingerprint density at radius 2 is 1.61 bits per heavy atom. The molecule has 0 fully saturated rings. The Morgan fingerprint density at radius 3 is 2.23 bits per heavy atom. The fraction of sp³-hybridized carbons (Fsp3) is 0. The summed E-state index contributed by atoms with van der Waals surface area (Å²) in [5, 5.41) is 22.1. The van der Waals surface area contributed by atoms with Crippen molar-refractivity contribution in [2.24, 2.45) is 0 Å². The van der Waals surface area contributed by atoms with E-state index in [1.165, 1.54) is 22.9 Å². The predicted octanol–water partition coefficient (Wildman–Crippen LogP) is 2.06. The zero-order valence-electron chi connectivity index (χ0n) is 16.0. The van der Waals surface area contributed by atoms with Gasteiger partial charge in [0.2, 0.25) is 0 Å². The largest absolute Gasteiger partial charge is 0.478 e. The fourth-order valence-electron chi connectivity index (χ4n) is 3.15. The van der Waals surface area contributed by atoms with Gasteiger partial charge in [0.1, 0.15) is 11.5 Å². The number of rotatable bonds is 5. The number of carbonyl (C=O) groups is 2. The Balaban J connectivity index is 1.78. The Bertz CT molecular complexity index is 1440. The van der Waals surface area contributed by atoms with E-state index in [4.69, 9.17) is 4.42 Å². The second kappa shape index (κ2) is 7.68. The number of aromatic carboxylic acids is 2. The molecular weight excluding hydrogens is 400 g/mol. The number of carboxylic acids is 2. The van der Waals surface area contributed by atoms with Crippen LogP contribution in [-0.4, -0.2) is 31.9 Å². The SMILES string of the molecule is C=c1[nH]n(-c2ccccc2)c(=O)/c1=C\c1ccc(-c2cc(C(=O)O)cc(C(=O)O)c2)o1. The van der Waals surface area contributed by atoms with E-state index >= 15 is 0 Å². The van der Waals surface area contributed by atoms with E-state index in [2.05, 4.69) is 11.7 Å². The number of H-pyrrole nitrogens is 1. The number of hydrogen-bond acceptors (Lipinski definition) is 4. The average molecular weight is 416 g/mol. The number of nitrogens with one attached hydrogen (secondary N) is 1. The molecule has 0 saturated carbocycles. The molecule has 0 bridgehead atoms. The summed E-state index contributed by atoms with van der Waals surface area (Å²) in [6.07, 6.45) is 1.52. The molecule has 2 heterocycles. The molecule has 0 amide bonds. The van der Waals surface area contributed by atoms with Gasteiger partial charge in [-0.3, -0.25) is 9.89 Å². The van der Waals surface area contributed by atoms with Crippen molar-refractivity contribution in [3.05, 3.63) is 98.5 Å². The van der Waals surface area contributed by atoms with Crippen LogP contribution in [-0.2, 0) is 0 Å². The Hall–Kier alpha value is -4.59. The molecule has 0 aliphatic carbocycles. The molecule has 0 radical (unpaired) electrons. The van der Waals surface area contributed by atoms with Crippen LogP contribution < -0.4 is 16.1 Å². The lowest BCUT2D eigenvalue weighted by molar-refractivity contribution is 0.0696. The highest BCUT2D eigenvalue weighted by Gasteiger charge is 2.14. The first-order valence-corrected chi connectivity index (χ1v) is 9.12. The van der Waals surface area contributed by atoms with Gasteiger partial charge in [0.25, 0.3) is 5.56 Å². The van der Waals surface area contributed by atoms with Crippen molar-refractivity contribution >= 4 is 24.6 Å². The number of furan rings is 1. The van der Waals surface area contributed by atoms with E-state index in [0.717, 1.165) is 6.07 Å². The van der Waals surface area contributed by atoms with Crippen molar-refractivity contribution in [3.8, 4) is 17.0 Å². The number of hydrogen-bond donors (Lipinski definition) is 3. The maximum absolute atomic E-state index is 12.8. The molecule has 0 saturated heterocycles. The number of aromatic amines is 1. The van der Waals surface area contributed by atoms with Crippen LogP contribution in [0.1, 0.15) is 26.5 Å². The van der Waals surface area contributed by atoms with Crippen LogP contribution in [0.2, 0.25) is 0 Å². The molecule has 0 atom stereocenters. The van der Waals surface area contributed by atoms with Crippen LogP contribution in [0.15, 0.2) is 69.9 Å². The van der Waals surface area contributed by atoms with Crippen molar-refractivity contribution in [1.29, 1.82) is 0 Å². The summed E-state index contributed by atoms with van der Waals surface area (Å²) in [6.45, 7) is 3.87. The first-order chi connectivity index (χ1) is 14.8. The minimum absolute atomic E-state index is 0.173. The highest BCUT2D eigenvalue weighted by molar-refractivity contribution is 5.95. The van der Waals surface area contributed by atoms with Gasteiger partial charge in [-0.25, -0.2) is 14.3 Å². The van der Waals surface area contributed by atoms with E-state index in [0.29, 0.717) is 27.6 Å². The summed E-state index contributed by atoms with van der Waals surface area (Å²) >= 11 is 0. The van der Waals surface area contributed by atoms with E-state index in [1.54, 1.807) is 24.3 Å². The minimum atomic E-state index is -1.25. The molecule has 3 N–H and O–H groups in total. The molecule has 4 aromatic rings. The molecule has 31 heavy (non-hydrogen) atoms. The van der Waals surface area contributed by atoms with E-state index in [9.17, 15) is 24.6 Å². The van der Waals surface area contributed by atoms with Gasteiger partial charge >= 0.3 is 11.9 Å². The van der Waals surface area contributed by atoms with Gasteiger partial charge in [0, 0.05) is 5.56 Å². The Morgan fingerprint density at radius 1 is 0.968 bits per heavy atom. The van der Waals surface area contributed by atoms with E-state index < -0.39 is 11.9 Å². The normalized spacial score (nSPS) is 11.5. The predicted molar refractivity (Wildman–Crippen MR) is 113 cm³/mol. The second-order valence-electron chi connectivity index (χ2n) is 6.74. The molecule has 2 aromatic carbocycles. The lowest BCUT2D eigenvalue weighted by Crippen LogP contribution is -2.33. The van der Waals surface area contributed by atoms with Crippen LogP contribution in [0.25, 0.3) is 29.7 Å². The van der Waals surface area contributed by atoms with Crippen molar-refractivity contribution < 1.29 is 24.2 Å². The summed E-state index contributed by atoms with van der Waals surface area (Å²) in [5.41, 5.74) is 0.295. The molecule has 0 spiro atoms. The number of carboxylic acid groups (broad SMARTS) is 2. The lowest BCUT2D eigenvalue weighted by Gasteiger charge is -2.03. The fourth-order valence-corrected chi connectivity index (χ4v) is 3.15. The number of benzene rings is 2. The maximum Gasteiger partial charge on any atom is 0.335 e. The van der Waals surface area contributed by atoms with Crippen LogP contribution in [0.5, 0.6) is 0 Å².